The summed E-state index contributed by atoms with van der Waals surface area (Å²) in [4.78, 5) is 11.9. The number of para-hydroxylation sites is 1. The molecule has 236 valence electrons. The lowest BCUT2D eigenvalue weighted by Crippen LogP contribution is -2.04. The molecule has 0 N–H and O–H groups in total. The topological polar surface area (TPSA) is 30.7 Å². The molecule has 50 heavy (non-hydrogen) atoms. The lowest BCUT2D eigenvalue weighted by atomic mass is 9.89. The molecule has 0 bridgehead atoms. The molecule has 0 aliphatic rings. The lowest BCUT2D eigenvalue weighted by Gasteiger charge is -2.17. The molecule has 0 aliphatic heterocycles. The molecule has 0 atom stereocenters. The fourth-order valence-electron chi connectivity index (χ4n) is 7.89. The van der Waals surface area contributed by atoms with Crippen molar-refractivity contribution in [3.63, 3.8) is 0 Å². The Labute approximate surface area is 293 Å². The van der Waals surface area contributed by atoms with Gasteiger partial charge in [-0.15, -0.1) is 11.3 Å². The number of thiophene rings is 1. The van der Waals surface area contributed by atoms with Crippen LogP contribution in [0.3, 0.4) is 0 Å². The Morgan fingerprint density at radius 3 is 1.92 bits per heavy atom. The van der Waals surface area contributed by atoms with Crippen molar-refractivity contribution >= 4 is 64.2 Å². The van der Waals surface area contributed by atoms with E-state index < -0.39 is 0 Å². The molecule has 0 saturated heterocycles. The van der Waals surface area contributed by atoms with Crippen LogP contribution in [0.5, 0.6) is 0 Å². The minimum atomic E-state index is 0.687. The van der Waals surface area contributed by atoms with Crippen molar-refractivity contribution in [2.75, 3.05) is 0 Å². The first-order valence-corrected chi connectivity index (χ1v) is 17.8. The minimum absolute atomic E-state index is 0.687. The molecule has 0 fully saturated rings. The predicted molar refractivity (Wildman–Crippen MR) is 213 cm³/mol. The first kappa shape index (κ1) is 28.9. The summed E-state index contributed by atoms with van der Waals surface area (Å²) in [5.41, 5.74) is 11.6. The van der Waals surface area contributed by atoms with E-state index in [1.165, 1.54) is 65.0 Å². The smallest absolute Gasteiger partial charge is 0.236 e. The van der Waals surface area contributed by atoms with Gasteiger partial charge < -0.3 is 0 Å². The molecule has 10 aromatic rings. The van der Waals surface area contributed by atoms with Gasteiger partial charge in [0.15, 0.2) is 0 Å². The van der Waals surface area contributed by atoms with E-state index in [9.17, 15) is 0 Å². The van der Waals surface area contributed by atoms with Crippen LogP contribution in [-0.4, -0.2) is 14.5 Å². The van der Waals surface area contributed by atoms with Gasteiger partial charge >= 0.3 is 0 Å². The number of aromatic nitrogens is 3. The van der Waals surface area contributed by atoms with Crippen molar-refractivity contribution in [1.29, 1.82) is 0 Å². The molecule has 0 saturated carbocycles. The second kappa shape index (κ2) is 11.2. The Balaban J connectivity index is 1.32. The standard InChI is InChI=1S/C46H31N3S/c1-28-14-6-7-17-33(28)40-29(2)44-41(35-19-9-8-18-34(35)40)36-20-10-12-22-38(36)49(44)46-47-43(42-37-21-11-13-23-39(37)50-45(42)48-46)32-26-24-31(25-27-32)30-15-4-3-5-16-30/h3-27H,1-2H3. The van der Waals surface area contributed by atoms with Crippen LogP contribution < -0.4 is 0 Å². The van der Waals surface area contributed by atoms with E-state index in [-0.39, 0.29) is 0 Å². The van der Waals surface area contributed by atoms with Crippen LogP contribution in [0, 0.1) is 13.8 Å². The lowest BCUT2D eigenvalue weighted by molar-refractivity contribution is 1.01. The number of benzene rings is 7. The minimum Gasteiger partial charge on any atom is -0.278 e. The summed E-state index contributed by atoms with van der Waals surface area (Å²) in [6, 6.07) is 54.3. The van der Waals surface area contributed by atoms with Gasteiger partial charge in [-0.25, -0.2) is 9.97 Å². The fraction of sp³-hybridized carbons (Fsp3) is 0.0435. The largest absolute Gasteiger partial charge is 0.278 e. The first-order chi connectivity index (χ1) is 24.7. The molecule has 3 aromatic heterocycles. The molecule has 0 spiro atoms. The SMILES string of the molecule is Cc1ccccc1-c1c(C)c2c(c3ccccc13)c1ccccc1n2-c1nc(-c2ccc(-c3ccccc3)cc2)c2c(n1)sc1ccccc12. The molecule has 0 unspecified atom stereocenters. The second-order valence-electron chi connectivity index (χ2n) is 13.0. The number of hydrogen-bond acceptors (Lipinski definition) is 3. The fourth-order valence-corrected chi connectivity index (χ4v) is 8.96. The normalized spacial score (nSPS) is 11.8. The first-order valence-electron chi connectivity index (χ1n) is 17.0. The summed E-state index contributed by atoms with van der Waals surface area (Å²) in [7, 11) is 0. The third-order valence-corrected chi connectivity index (χ3v) is 11.2. The molecule has 4 heteroatoms. The van der Waals surface area contributed by atoms with E-state index in [1.54, 1.807) is 11.3 Å². The van der Waals surface area contributed by atoms with Crippen LogP contribution in [0.25, 0.3) is 92.3 Å². The third kappa shape index (κ3) is 4.28. The van der Waals surface area contributed by atoms with Gasteiger partial charge in [-0.1, -0.05) is 140 Å². The highest BCUT2D eigenvalue weighted by atomic mass is 32.1. The van der Waals surface area contributed by atoms with E-state index in [0.717, 1.165) is 32.5 Å². The molecule has 3 nitrogen and oxygen atoms in total. The van der Waals surface area contributed by atoms with Gasteiger partial charge in [0.05, 0.1) is 16.7 Å². The van der Waals surface area contributed by atoms with E-state index in [0.29, 0.717) is 5.95 Å². The summed E-state index contributed by atoms with van der Waals surface area (Å²) in [5, 5.41) is 7.22. The maximum Gasteiger partial charge on any atom is 0.236 e. The van der Waals surface area contributed by atoms with E-state index in [1.807, 2.05) is 0 Å². The summed E-state index contributed by atoms with van der Waals surface area (Å²) in [6.07, 6.45) is 0. The van der Waals surface area contributed by atoms with Crippen molar-refractivity contribution < 1.29 is 0 Å². The number of hydrogen-bond donors (Lipinski definition) is 0. The van der Waals surface area contributed by atoms with Gasteiger partial charge in [0.2, 0.25) is 5.95 Å². The molecular formula is C46H31N3S. The maximum absolute atomic E-state index is 5.54. The second-order valence-corrected chi connectivity index (χ2v) is 14.1. The van der Waals surface area contributed by atoms with Gasteiger partial charge in [0.1, 0.15) is 4.83 Å². The predicted octanol–water partition coefficient (Wildman–Crippen LogP) is 12.7. The molecule has 10 rings (SSSR count). The summed E-state index contributed by atoms with van der Waals surface area (Å²) < 4.78 is 3.53. The van der Waals surface area contributed by atoms with E-state index >= 15 is 0 Å². The molecule has 0 amide bonds. The number of rotatable bonds is 4. The number of aryl methyl sites for hydroxylation is 2. The molecule has 7 aromatic carbocycles. The van der Waals surface area contributed by atoms with Crippen LogP contribution in [0.4, 0.5) is 0 Å². The Hall–Kier alpha value is -6.10. The summed E-state index contributed by atoms with van der Waals surface area (Å²) >= 11 is 1.74. The van der Waals surface area contributed by atoms with Crippen molar-refractivity contribution in [1.82, 2.24) is 14.5 Å². The van der Waals surface area contributed by atoms with Crippen molar-refractivity contribution in [2.24, 2.45) is 0 Å². The van der Waals surface area contributed by atoms with Crippen LogP contribution in [0.2, 0.25) is 0 Å². The Morgan fingerprint density at radius 2 is 1.12 bits per heavy atom. The Bertz CT molecular complexity index is 2930. The van der Waals surface area contributed by atoms with Gasteiger partial charge in [-0.2, -0.15) is 0 Å². The number of fused-ring (bicyclic) bond motifs is 8. The zero-order valence-electron chi connectivity index (χ0n) is 27.7. The van der Waals surface area contributed by atoms with E-state index in [4.69, 9.17) is 9.97 Å². The highest BCUT2D eigenvalue weighted by molar-refractivity contribution is 7.25. The number of nitrogens with zero attached hydrogens (tertiary/aromatic N) is 3. The van der Waals surface area contributed by atoms with Crippen molar-refractivity contribution in [2.45, 2.75) is 13.8 Å². The zero-order chi connectivity index (χ0) is 33.3. The van der Waals surface area contributed by atoms with Gasteiger partial charge in [0, 0.05) is 31.8 Å². The van der Waals surface area contributed by atoms with Crippen LogP contribution in [0.15, 0.2) is 152 Å². The van der Waals surface area contributed by atoms with Crippen LogP contribution >= 0.6 is 11.3 Å². The van der Waals surface area contributed by atoms with Gasteiger partial charge in [0.25, 0.3) is 0 Å². The maximum atomic E-state index is 5.54. The van der Waals surface area contributed by atoms with Crippen LogP contribution in [-0.2, 0) is 0 Å². The Kier molecular flexibility index (Phi) is 6.48. The highest BCUT2D eigenvalue weighted by Crippen LogP contribution is 2.46. The average Bonchev–Trinajstić information content (AvgIpc) is 3.72. The summed E-state index contributed by atoms with van der Waals surface area (Å²) in [6.45, 7) is 4.48. The molecular weight excluding hydrogens is 627 g/mol. The van der Waals surface area contributed by atoms with E-state index in [2.05, 4.69) is 170 Å². The van der Waals surface area contributed by atoms with Gasteiger partial charge in [-0.05, 0) is 70.1 Å². The highest BCUT2D eigenvalue weighted by Gasteiger charge is 2.24. The Morgan fingerprint density at radius 1 is 0.500 bits per heavy atom. The molecule has 0 aliphatic carbocycles. The van der Waals surface area contributed by atoms with Crippen molar-refractivity contribution in [3.05, 3.63) is 163 Å². The molecule has 0 radical (unpaired) electrons. The van der Waals surface area contributed by atoms with Crippen LogP contribution in [0.1, 0.15) is 11.1 Å². The van der Waals surface area contributed by atoms with Gasteiger partial charge in [-0.3, -0.25) is 4.57 Å². The van der Waals surface area contributed by atoms with Crippen molar-refractivity contribution in [3.8, 4) is 39.5 Å². The zero-order valence-corrected chi connectivity index (χ0v) is 28.5. The summed E-state index contributed by atoms with van der Waals surface area (Å²) in [5.74, 6) is 0.687. The third-order valence-electron chi connectivity index (χ3n) is 10.2. The monoisotopic (exact) mass is 657 g/mol. The quantitative estimate of drug-likeness (QED) is 0.189. The average molecular weight is 658 g/mol. The molecule has 3 heterocycles.